The Morgan fingerprint density at radius 2 is 2.00 bits per heavy atom. The topological polar surface area (TPSA) is 70.7 Å². The lowest BCUT2D eigenvalue weighted by Crippen LogP contribution is -3.04. The second-order valence-corrected chi connectivity index (χ2v) is 6.45. The number of quaternary nitrogens is 1. The largest absolute Gasteiger partial charge is 0.450 e. The zero-order valence-corrected chi connectivity index (χ0v) is 14.0. The van der Waals surface area contributed by atoms with Crippen molar-refractivity contribution in [2.75, 3.05) is 14.1 Å². The minimum atomic E-state index is -0.326. The minimum Gasteiger partial charge on any atom is -0.450 e. The third kappa shape index (κ3) is 5.31. The molecule has 7 heteroatoms. The number of furan rings is 1. The molecule has 22 heavy (non-hydrogen) atoms. The van der Waals surface area contributed by atoms with Gasteiger partial charge in [-0.1, -0.05) is 19.3 Å². The standard InChI is InChI=1S/C15H24N4O2S/c1-19(2)10-12-8-9-13(21-12)14(20)17-18-15(22)16-11-6-4-3-5-7-11/h8-9,11H,3-7,10H2,1-2H3,(H,17,20)(H2,16,18,22)/p+1. The maximum atomic E-state index is 12.0. The molecular formula is C15H25N4O2S+. The molecule has 1 saturated carbocycles. The summed E-state index contributed by atoms with van der Waals surface area (Å²) in [5.74, 6) is 0.741. The molecule has 4 N–H and O–H groups in total. The highest BCUT2D eigenvalue weighted by molar-refractivity contribution is 7.80. The van der Waals surface area contributed by atoms with Crippen LogP contribution >= 0.6 is 12.2 Å². The Hall–Kier alpha value is -1.60. The molecular weight excluding hydrogens is 300 g/mol. The summed E-state index contributed by atoms with van der Waals surface area (Å²) in [6, 6.07) is 3.90. The molecule has 0 aliphatic heterocycles. The lowest BCUT2D eigenvalue weighted by molar-refractivity contribution is -0.873. The molecule has 2 rings (SSSR count). The molecule has 0 saturated heterocycles. The van der Waals surface area contributed by atoms with Crippen LogP contribution in [0.5, 0.6) is 0 Å². The summed E-state index contributed by atoms with van der Waals surface area (Å²) in [5.41, 5.74) is 5.30. The number of nitrogens with one attached hydrogen (secondary N) is 4. The predicted molar refractivity (Wildman–Crippen MR) is 88.4 cm³/mol. The van der Waals surface area contributed by atoms with Gasteiger partial charge in [0.05, 0.1) is 14.1 Å². The maximum absolute atomic E-state index is 12.0. The summed E-state index contributed by atoms with van der Waals surface area (Å²) in [5, 5.41) is 3.68. The first-order valence-electron chi connectivity index (χ1n) is 7.79. The zero-order chi connectivity index (χ0) is 15.9. The van der Waals surface area contributed by atoms with Crippen molar-refractivity contribution in [3.05, 3.63) is 23.7 Å². The Bertz CT molecular complexity index is 509. The van der Waals surface area contributed by atoms with Crippen molar-refractivity contribution in [1.82, 2.24) is 16.2 Å². The fourth-order valence-corrected chi connectivity index (χ4v) is 2.80. The van der Waals surface area contributed by atoms with Gasteiger partial charge < -0.3 is 14.6 Å². The Kier molecular flexibility index (Phi) is 6.21. The molecule has 1 fully saturated rings. The van der Waals surface area contributed by atoms with E-state index in [1.54, 1.807) is 6.07 Å². The lowest BCUT2D eigenvalue weighted by atomic mass is 9.96. The molecule has 122 valence electrons. The van der Waals surface area contributed by atoms with Gasteiger partial charge in [0.25, 0.3) is 0 Å². The summed E-state index contributed by atoms with van der Waals surface area (Å²) in [6.45, 7) is 0.738. The van der Waals surface area contributed by atoms with Gasteiger partial charge in [0.1, 0.15) is 6.54 Å². The Morgan fingerprint density at radius 1 is 1.27 bits per heavy atom. The summed E-state index contributed by atoms with van der Waals surface area (Å²) in [7, 11) is 4.05. The monoisotopic (exact) mass is 325 g/mol. The van der Waals surface area contributed by atoms with Crippen LogP contribution in [-0.4, -0.2) is 31.2 Å². The molecule has 0 unspecified atom stereocenters. The average Bonchev–Trinajstić information content (AvgIpc) is 2.93. The summed E-state index contributed by atoms with van der Waals surface area (Å²) in [4.78, 5) is 13.2. The zero-order valence-electron chi connectivity index (χ0n) is 13.2. The van der Waals surface area contributed by atoms with Crippen LogP contribution in [-0.2, 0) is 6.54 Å². The van der Waals surface area contributed by atoms with Gasteiger partial charge >= 0.3 is 5.91 Å². The van der Waals surface area contributed by atoms with Crippen LogP contribution < -0.4 is 21.1 Å². The Labute approximate surface area is 136 Å². The van der Waals surface area contributed by atoms with Crippen molar-refractivity contribution < 1.29 is 14.1 Å². The van der Waals surface area contributed by atoms with Gasteiger partial charge in [0.2, 0.25) is 0 Å². The van der Waals surface area contributed by atoms with Gasteiger partial charge in [0.15, 0.2) is 16.6 Å². The number of carbonyl (C=O) groups is 1. The van der Waals surface area contributed by atoms with Gasteiger partial charge in [-0.25, -0.2) is 0 Å². The van der Waals surface area contributed by atoms with E-state index >= 15 is 0 Å². The van der Waals surface area contributed by atoms with Gasteiger partial charge in [-0.3, -0.25) is 15.6 Å². The molecule has 0 aromatic carbocycles. The highest BCUT2D eigenvalue weighted by Gasteiger charge is 2.15. The second-order valence-electron chi connectivity index (χ2n) is 6.04. The summed E-state index contributed by atoms with van der Waals surface area (Å²) in [6.07, 6.45) is 6.02. The van der Waals surface area contributed by atoms with Crippen LogP contribution in [0.3, 0.4) is 0 Å². The van der Waals surface area contributed by atoms with Gasteiger partial charge in [0, 0.05) is 6.04 Å². The third-order valence-corrected chi connectivity index (χ3v) is 3.86. The average molecular weight is 325 g/mol. The fourth-order valence-electron chi connectivity index (χ4n) is 2.59. The van der Waals surface area contributed by atoms with Gasteiger partial charge in [-0.15, -0.1) is 0 Å². The molecule has 0 atom stereocenters. The molecule has 1 aliphatic carbocycles. The number of carbonyl (C=O) groups excluding carboxylic acids is 1. The maximum Gasteiger partial charge on any atom is 0.305 e. The number of thiocarbonyl (C=S) groups is 1. The third-order valence-electron chi connectivity index (χ3n) is 3.64. The first-order valence-corrected chi connectivity index (χ1v) is 8.20. The Morgan fingerprint density at radius 3 is 2.68 bits per heavy atom. The van der Waals surface area contributed by atoms with Crippen LogP contribution in [0, 0.1) is 0 Å². The summed E-state index contributed by atoms with van der Waals surface area (Å²) >= 11 is 5.19. The first-order chi connectivity index (χ1) is 10.5. The van der Waals surface area contributed by atoms with Crippen molar-refractivity contribution in [3.8, 4) is 0 Å². The highest BCUT2D eigenvalue weighted by Crippen LogP contribution is 2.17. The van der Waals surface area contributed by atoms with Gasteiger partial charge in [-0.05, 0) is 37.2 Å². The van der Waals surface area contributed by atoms with Crippen LogP contribution in [0.1, 0.15) is 48.4 Å². The number of hydrazine groups is 1. The fraction of sp³-hybridized carbons (Fsp3) is 0.600. The quantitative estimate of drug-likeness (QED) is 0.475. The van der Waals surface area contributed by atoms with E-state index in [1.807, 2.05) is 20.2 Å². The van der Waals surface area contributed by atoms with E-state index < -0.39 is 0 Å². The molecule has 0 bridgehead atoms. The van der Waals surface area contributed by atoms with E-state index in [9.17, 15) is 4.79 Å². The highest BCUT2D eigenvalue weighted by atomic mass is 32.1. The lowest BCUT2D eigenvalue weighted by Gasteiger charge is -2.24. The number of hydrogen-bond acceptors (Lipinski definition) is 3. The normalized spacial score (nSPS) is 15.6. The SMILES string of the molecule is C[NH+](C)Cc1ccc(C(=O)NNC(=S)NC2CCCCC2)o1. The van der Waals surface area contributed by atoms with E-state index in [0.29, 0.717) is 11.2 Å². The molecule has 1 aromatic heterocycles. The first kappa shape index (κ1) is 16.8. The van der Waals surface area contributed by atoms with Crippen LogP contribution in [0.4, 0.5) is 0 Å². The van der Waals surface area contributed by atoms with Crippen molar-refractivity contribution in [2.24, 2.45) is 0 Å². The van der Waals surface area contributed by atoms with Crippen molar-refractivity contribution in [3.63, 3.8) is 0 Å². The van der Waals surface area contributed by atoms with E-state index in [4.69, 9.17) is 16.6 Å². The van der Waals surface area contributed by atoms with E-state index in [2.05, 4.69) is 16.2 Å². The number of hydrogen-bond donors (Lipinski definition) is 4. The smallest absolute Gasteiger partial charge is 0.305 e. The molecule has 0 spiro atoms. The second kappa shape index (κ2) is 8.14. The van der Waals surface area contributed by atoms with E-state index in [1.165, 1.54) is 24.2 Å². The molecule has 1 aliphatic rings. The predicted octanol–water partition coefficient (Wildman–Crippen LogP) is 0.366. The van der Waals surface area contributed by atoms with E-state index in [-0.39, 0.29) is 11.7 Å². The number of rotatable bonds is 4. The number of amides is 1. The molecule has 1 amide bonds. The molecule has 1 aromatic rings. The Balaban J connectivity index is 1.74. The summed E-state index contributed by atoms with van der Waals surface area (Å²) < 4.78 is 5.50. The van der Waals surface area contributed by atoms with Crippen LogP contribution in [0.15, 0.2) is 16.5 Å². The van der Waals surface area contributed by atoms with Crippen molar-refractivity contribution >= 4 is 23.2 Å². The molecule has 1 heterocycles. The van der Waals surface area contributed by atoms with Crippen molar-refractivity contribution in [1.29, 1.82) is 0 Å². The minimum absolute atomic E-state index is 0.282. The molecule has 0 radical (unpaired) electrons. The van der Waals surface area contributed by atoms with Crippen LogP contribution in [0.25, 0.3) is 0 Å². The van der Waals surface area contributed by atoms with Crippen LogP contribution in [0.2, 0.25) is 0 Å². The molecule has 6 nitrogen and oxygen atoms in total. The van der Waals surface area contributed by atoms with Crippen molar-refractivity contribution in [2.45, 2.75) is 44.7 Å². The van der Waals surface area contributed by atoms with E-state index in [0.717, 1.165) is 25.1 Å². The van der Waals surface area contributed by atoms with Gasteiger partial charge in [-0.2, -0.15) is 0 Å².